The molecule has 0 bridgehead atoms. The molecule has 2 heterocycles. The Balaban J connectivity index is 1.49. The molecule has 0 aliphatic carbocycles. The van der Waals surface area contributed by atoms with Gasteiger partial charge in [0.05, 0.1) is 17.2 Å². The summed E-state index contributed by atoms with van der Waals surface area (Å²) >= 11 is 2.51. The van der Waals surface area contributed by atoms with E-state index in [9.17, 15) is 9.59 Å². The Morgan fingerprint density at radius 3 is 2.61 bits per heavy atom. The van der Waals surface area contributed by atoms with E-state index in [1.54, 1.807) is 6.07 Å². The summed E-state index contributed by atoms with van der Waals surface area (Å²) in [5, 5.41) is 15.6. The zero-order valence-corrected chi connectivity index (χ0v) is 17.4. The Hall–Kier alpha value is -2.65. The molecule has 0 aliphatic rings. The van der Waals surface area contributed by atoms with Crippen molar-refractivity contribution in [2.45, 2.75) is 32.5 Å². The fourth-order valence-corrected chi connectivity index (χ4v) is 3.92. The van der Waals surface area contributed by atoms with Crippen LogP contribution < -0.4 is 10.6 Å². The minimum atomic E-state index is -0.189. The van der Waals surface area contributed by atoms with Gasteiger partial charge in [0.1, 0.15) is 0 Å². The minimum absolute atomic E-state index is 0.137. The second-order valence-electron chi connectivity index (χ2n) is 6.23. The summed E-state index contributed by atoms with van der Waals surface area (Å²) in [5.41, 5.74) is 4.04. The fourth-order valence-electron chi connectivity index (χ4n) is 2.70. The molecule has 0 saturated heterocycles. The molecule has 0 saturated carbocycles. The lowest BCUT2D eigenvalue weighted by Crippen LogP contribution is -2.21. The SMILES string of the molecule is Cc1cc(C)c(NC(=O)CSc2nnc(CNC(=O)c3cccs3)o2)c(C)c1. The first-order valence-corrected chi connectivity index (χ1v) is 10.4. The van der Waals surface area contributed by atoms with Crippen molar-refractivity contribution in [2.24, 2.45) is 0 Å². The van der Waals surface area contributed by atoms with E-state index in [4.69, 9.17) is 4.42 Å². The molecule has 3 aromatic rings. The van der Waals surface area contributed by atoms with Crippen LogP contribution in [0.4, 0.5) is 5.69 Å². The molecule has 0 unspecified atom stereocenters. The third-order valence-electron chi connectivity index (χ3n) is 3.86. The molecule has 0 spiro atoms. The molecule has 1 aromatic carbocycles. The first kappa shape index (κ1) is 20.1. The number of benzene rings is 1. The average molecular weight is 417 g/mol. The highest BCUT2D eigenvalue weighted by Crippen LogP contribution is 2.23. The van der Waals surface area contributed by atoms with Gasteiger partial charge in [-0.1, -0.05) is 35.5 Å². The Morgan fingerprint density at radius 1 is 1.18 bits per heavy atom. The highest BCUT2D eigenvalue weighted by molar-refractivity contribution is 7.99. The zero-order chi connectivity index (χ0) is 20.1. The summed E-state index contributed by atoms with van der Waals surface area (Å²) < 4.78 is 5.46. The Kier molecular flexibility index (Phi) is 6.48. The predicted molar refractivity (Wildman–Crippen MR) is 110 cm³/mol. The molecule has 146 valence electrons. The van der Waals surface area contributed by atoms with Crippen molar-refractivity contribution in [2.75, 3.05) is 11.1 Å². The van der Waals surface area contributed by atoms with Gasteiger partial charge in [0.2, 0.25) is 11.8 Å². The molecular weight excluding hydrogens is 396 g/mol. The van der Waals surface area contributed by atoms with Gasteiger partial charge in [-0.2, -0.15) is 0 Å². The summed E-state index contributed by atoms with van der Waals surface area (Å²) in [6.45, 7) is 6.10. The van der Waals surface area contributed by atoms with Crippen LogP contribution in [0.3, 0.4) is 0 Å². The molecule has 3 rings (SSSR count). The van der Waals surface area contributed by atoms with Crippen LogP contribution in [0.1, 0.15) is 32.3 Å². The maximum Gasteiger partial charge on any atom is 0.277 e. The maximum atomic E-state index is 12.3. The normalized spacial score (nSPS) is 10.7. The van der Waals surface area contributed by atoms with E-state index in [2.05, 4.69) is 20.8 Å². The number of aromatic nitrogens is 2. The number of nitrogens with zero attached hydrogens (tertiary/aromatic N) is 2. The van der Waals surface area contributed by atoms with Crippen LogP contribution in [0, 0.1) is 20.8 Å². The first-order chi connectivity index (χ1) is 13.4. The lowest BCUT2D eigenvalue weighted by molar-refractivity contribution is -0.113. The van der Waals surface area contributed by atoms with Crippen molar-refractivity contribution >= 4 is 40.6 Å². The van der Waals surface area contributed by atoms with Crippen molar-refractivity contribution in [3.8, 4) is 0 Å². The number of hydrogen-bond acceptors (Lipinski definition) is 7. The predicted octanol–water partition coefficient (Wildman–Crippen LogP) is 3.72. The molecule has 0 aliphatic heterocycles. The second kappa shape index (κ2) is 9.03. The molecule has 0 radical (unpaired) electrons. The van der Waals surface area contributed by atoms with E-state index in [1.165, 1.54) is 11.3 Å². The third kappa shape index (κ3) is 5.20. The van der Waals surface area contributed by atoms with E-state index < -0.39 is 0 Å². The molecule has 2 N–H and O–H groups in total. The molecule has 28 heavy (non-hydrogen) atoms. The summed E-state index contributed by atoms with van der Waals surface area (Å²) in [6.07, 6.45) is 0. The Bertz CT molecular complexity index is 960. The largest absolute Gasteiger partial charge is 0.414 e. The van der Waals surface area contributed by atoms with Gasteiger partial charge >= 0.3 is 0 Å². The first-order valence-electron chi connectivity index (χ1n) is 8.57. The maximum absolute atomic E-state index is 12.3. The molecular formula is C19H20N4O3S2. The van der Waals surface area contributed by atoms with E-state index in [0.29, 0.717) is 4.88 Å². The van der Waals surface area contributed by atoms with Gasteiger partial charge in [0.15, 0.2) is 0 Å². The van der Waals surface area contributed by atoms with Crippen LogP contribution in [0.5, 0.6) is 0 Å². The second-order valence-corrected chi connectivity index (χ2v) is 8.11. The summed E-state index contributed by atoms with van der Waals surface area (Å²) in [4.78, 5) is 24.8. The van der Waals surface area contributed by atoms with Crippen molar-refractivity contribution in [3.05, 3.63) is 57.1 Å². The average Bonchev–Trinajstić information content (AvgIpc) is 3.33. The number of rotatable bonds is 7. The molecule has 0 atom stereocenters. The van der Waals surface area contributed by atoms with Crippen molar-refractivity contribution in [3.63, 3.8) is 0 Å². The number of anilines is 1. The smallest absolute Gasteiger partial charge is 0.277 e. The van der Waals surface area contributed by atoms with Gasteiger partial charge in [-0.25, -0.2) is 0 Å². The highest BCUT2D eigenvalue weighted by Gasteiger charge is 2.13. The number of thiophene rings is 1. The van der Waals surface area contributed by atoms with E-state index >= 15 is 0 Å². The number of nitrogens with one attached hydrogen (secondary N) is 2. The van der Waals surface area contributed by atoms with E-state index in [0.717, 1.165) is 34.1 Å². The standard InChI is InChI=1S/C19H20N4O3S2/c1-11-7-12(2)17(13(3)8-11)21-15(24)10-28-19-23-22-16(26-19)9-20-18(25)14-5-4-6-27-14/h4-8H,9-10H2,1-3H3,(H,20,25)(H,21,24). The molecule has 7 nitrogen and oxygen atoms in total. The van der Waals surface area contributed by atoms with Crippen LogP contribution in [-0.2, 0) is 11.3 Å². The molecule has 9 heteroatoms. The lowest BCUT2D eigenvalue weighted by atomic mass is 10.1. The lowest BCUT2D eigenvalue weighted by Gasteiger charge is -2.12. The number of hydrogen-bond donors (Lipinski definition) is 2. The Morgan fingerprint density at radius 2 is 1.93 bits per heavy atom. The number of amides is 2. The summed E-state index contributed by atoms with van der Waals surface area (Å²) in [7, 11) is 0. The van der Waals surface area contributed by atoms with E-state index in [-0.39, 0.29) is 35.2 Å². The number of aryl methyl sites for hydroxylation is 3. The van der Waals surface area contributed by atoms with Crippen LogP contribution in [0.25, 0.3) is 0 Å². The van der Waals surface area contributed by atoms with E-state index in [1.807, 2.05) is 44.4 Å². The molecule has 0 fully saturated rings. The fraction of sp³-hybridized carbons (Fsp3) is 0.263. The van der Waals surface area contributed by atoms with Crippen LogP contribution in [0.2, 0.25) is 0 Å². The van der Waals surface area contributed by atoms with Crippen molar-refractivity contribution in [1.29, 1.82) is 0 Å². The van der Waals surface area contributed by atoms with Gasteiger partial charge in [0.25, 0.3) is 11.1 Å². The number of thioether (sulfide) groups is 1. The quantitative estimate of drug-likeness (QED) is 0.570. The van der Waals surface area contributed by atoms with Gasteiger partial charge in [0, 0.05) is 5.69 Å². The third-order valence-corrected chi connectivity index (χ3v) is 5.55. The van der Waals surface area contributed by atoms with Crippen LogP contribution in [-0.4, -0.2) is 27.8 Å². The topological polar surface area (TPSA) is 97.1 Å². The minimum Gasteiger partial charge on any atom is -0.414 e. The van der Waals surface area contributed by atoms with Gasteiger partial charge in [-0.15, -0.1) is 21.5 Å². The van der Waals surface area contributed by atoms with Crippen molar-refractivity contribution in [1.82, 2.24) is 15.5 Å². The zero-order valence-electron chi connectivity index (χ0n) is 15.7. The van der Waals surface area contributed by atoms with Crippen LogP contribution >= 0.6 is 23.1 Å². The summed E-state index contributed by atoms with van der Waals surface area (Å²) in [6, 6.07) is 7.62. The van der Waals surface area contributed by atoms with Crippen LogP contribution in [0.15, 0.2) is 39.3 Å². The monoisotopic (exact) mass is 416 g/mol. The molecule has 2 amide bonds. The van der Waals surface area contributed by atoms with Crippen molar-refractivity contribution < 1.29 is 14.0 Å². The number of carbonyl (C=O) groups excluding carboxylic acids is 2. The van der Waals surface area contributed by atoms with Gasteiger partial charge in [-0.05, 0) is 43.3 Å². The van der Waals surface area contributed by atoms with Gasteiger partial charge in [-0.3, -0.25) is 9.59 Å². The molecule has 2 aromatic heterocycles. The Labute approximate surface area is 170 Å². The highest BCUT2D eigenvalue weighted by atomic mass is 32.2. The summed E-state index contributed by atoms with van der Waals surface area (Å²) in [5.74, 6) is 0.102. The van der Waals surface area contributed by atoms with Gasteiger partial charge < -0.3 is 15.1 Å². The number of carbonyl (C=O) groups is 2.